The number of nitrogens with zero attached hydrogens (tertiary/aromatic N) is 1. The number of hydrogen-bond acceptors (Lipinski definition) is 4. The summed E-state index contributed by atoms with van der Waals surface area (Å²) in [5.41, 5.74) is 0.390. The van der Waals surface area contributed by atoms with Crippen molar-refractivity contribution in [2.75, 3.05) is 13.7 Å². The van der Waals surface area contributed by atoms with Crippen LogP contribution in [0, 0.1) is 5.82 Å². The molecule has 1 heterocycles. The van der Waals surface area contributed by atoms with Crippen molar-refractivity contribution in [2.24, 2.45) is 0 Å². The molecule has 0 saturated carbocycles. The lowest BCUT2D eigenvalue weighted by Gasteiger charge is -2.21. The minimum absolute atomic E-state index is 0.157. The molecule has 1 aromatic rings. The fraction of sp³-hybridized carbons (Fsp3) is 0.462. The molecule has 2 unspecified atom stereocenters. The monoisotopic (exact) mass is 269 g/mol. The molecule has 5 nitrogen and oxygen atoms in total. The average Bonchev–Trinajstić information content (AvgIpc) is 2.73. The highest BCUT2D eigenvalue weighted by Gasteiger charge is 2.36. The number of carboxylic acids is 1. The zero-order valence-electron chi connectivity index (χ0n) is 10.5. The van der Waals surface area contributed by atoms with Crippen LogP contribution in [0.2, 0.25) is 0 Å². The van der Waals surface area contributed by atoms with Crippen LogP contribution in [0.3, 0.4) is 0 Å². The van der Waals surface area contributed by atoms with Crippen molar-refractivity contribution in [2.45, 2.75) is 25.1 Å². The summed E-state index contributed by atoms with van der Waals surface area (Å²) < 4.78 is 18.7. The molecule has 0 aliphatic carbocycles. The molecule has 2 rings (SSSR count). The van der Waals surface area contributed by atoms with Gasteiger partial charge in [0.15, 0.2) is 0 Å². The van der Waals surface area contributed by atoms with E-state index in [-0.39, 0.29) is 19.5 Å². The number of aliphatic hydroxyl groups excluding tert-OH is 1. The molecule has 0 amide bonds. The molecule has 6 heteroatoms. The molecular formula is C13H16FNO4. The van der Waals surface area contributed by atoms with Gasteiger partial charge in [-0.2, -0.15) is 0 Å². The predicted octanol–water partition coefficient (Wildman–Crippen LogP) is 0.854. The molecule has 0 spiro atoms. The first-order chi connectivity index (χ1) is 9.01. The van der Waals surface area contributed by atoms with Crippen LogP contribution in [0.4, 0.5) is 4.39 Å². The van der Waals surface area contributed by atoms with Crippen LogP contribution in [0.5, 0.6) is 5.75 Å². The molecule has 1 aliphatic rings. The predicted molar refractivity (Wildman–Crippen MR) is 65.4 cm³/mol. The second-order valence-corrected chi connectivity index (χ2v) is 4.63. The van der Waals surface area contributed by atoms with Crippen LogP contribution in [-0.4, -0.2) is 46.9 Å². The van der Waals surface area contributed by atoms with Crippen molar-refractivity contribution in [1.29, 1.82) is 0 Å². The molecular weight excluding hydrogens is 253 g/mol. The number of aliphatic hydroxyl groups is 1. The Morgan fingerprint density at radius 2 is 2.32 bits per heavy atom. The number of ether oxygens (including phenoxy) is 1. The summed E-state index contributed by atoms with van der Waals surface area (Å²) in [5, 5.41) is 18.6. The van der Waals surface area contributed by atoms with Gasteiger partial charge in [0.1, 0.15) is 17.6 Å². The highest BCUT2D eigenvalue weighted by atomic mass is 19.1. The highest BCUT2D eigenvalue weighted by molar-refractivity contribution is 5.74. The number of β-amino-alcohol motifs (C(OH)–C–C–N with tert-alkyl or cyclic N) is 1. The van der Waals surface area contributed by atoms with Gasteiger partial charge in [-0.15, -0.1) is 0 Å². The van der Waals surface area contributed by atoms with Crippen LogP contribution >= 0.6 is 0 Å². The molecule has 0 aromatic heterocycles. The third kappa shape index (κ3) is 3.02. The van der Waals surface area contributed by atoms with Gasteiger partial charge < -0.3 is 14.9 Å². The van der Waals surface area contributed by atoms with Gasteiger partial charge in [0.2, 0.25) is 0 Å². The largest absolute Gasteiger partial charge is 0.497 e. The smallest absolute Gasteiger partial charge is 0.321 e. The number of aliphatic carboxylic acids is 1. The van der Waals surface area contributed by atoms with Crippen LogP contribution in [0.15, 0.2) is 18.2 Å². The lowest BCUT2D eigenvalue weighted by atomic mass is 10.1. The third-order valence-corrected chi connectivity index (χ3v) is 3.30. The molecule has 1 aromatic carbocycles. The van der Waals surface area contributed by atoms with Gasteiger partial charge in [-0.05, 0) is 6.07 Å². The van der Waals surface area contributed by atoms with E-state index in [4.69, 9.17) is 9.84 Å². The first kappa shape index (κ1) is 13.8. The second-order valence-electron chi connectivity index (χ2n) is 4.63. The topological polar surface area (TPSA) is 70.0 Å². The summed E-state index contributed by atoms with van der Waals surface area (Å²) in [6.45, 7) is 0.395. The highest BCUT2D eigenvalue weighted by Crippen LogP contribution is 2.23. The second kappa shape index (κ2) is 5.54. The van der Waals surface area contributed by atoms with Crippen LogP contribution < -0.4 is 4.74 Å². The zero-order chi connectivity index (χ0) is 14.0. The van der Waals surface area contributed by atoms with Crippen molar-refractivity contribution in [3.8, 4) is 5.75 Å². The number of halogens is 1. The summed E-state index contributed by atoms with van der Waals surface area (Å²) in [6, 6.07) is 3.69. The fourth-order valence-corrected chi connectivity index (χ4v) is 2.31. The quantitative estimate of drug-likeness (QED) is 0.848. The maximum Gasteiger partial charge on any atom is 0.321 e. The molecule has 19 heavy (non-hydrogen) atoms. The number of carboxylic acid groups (broad SMARTS) is 1. The number of likely N-dealkylation sites (tertiary alicyclic amines) is 1. The average molecular weight is 269 g/mol. The van der Waals surface area contributed by atoms with E-state index in [1.807, 2.05) is 0 Å². The number of hydrogen-bond donors (Lipinski definition) is 2. The van der Waals surface area contributed by atoms with Gasteiger partial charge in [-0.1, -0.05) is 6.07 Å². The Kier molecular flexibility index (Phi) is 4.01. The Balaban J connectivity index is 2.14. The van der Waals surface area contributed by atoms with Gasteiger partial charge >= 0.3 is 5.97 Å². The summed E-state index contributed by atoms with van der Waals surface area (Å²) in [4.78, 5) is 12.6. The van der Waals surface area contributed by atoms with Gasteiger partial charge in [-0.3, -0.25) is 9.69 Å². The minimum atomic E-state index is -0.995. The van der Waals surface area contributed by atoms with E-state index < -0.39 is 23.9 Å². The van der Waals surface area contributed by atoms with Crippen LogP contribution in [-0.2, 0) is 11.3 Å². The van der Waals surface area contributed by atoms with Gasteiger partial charge in [0.25, 0.3) is 0 Å². The molecule has 0 bridgehead atoms. The number of methoxy groups -OCH3 is 1. The van der Waals surface area contributed by atoms with E-state index in [1.165, 1.54) is 13.2 Å². The van der Waals surface area contributed by atoms with Gasteiger partial charge in [0, 0.05) is 31.1 Å². The lowest BCUT2D eigenvalue weighted by Crippen LogP contribution is -2.35. The Labute approximate surface area is 110 Å². The van der Waals surface area contributed by atoms with E-state index in [2.05, 4.69) is 0 Å². The zero-order valence-corrected chi connectivity index (χ0v) is 10.5. The van der Waals surface area contributed by atoms with E-state index in [0.717, 1.165) is 0 Å². The van der Waals surface area contributed by atoms with Gasteiger partial charge in [-0.25, -0.2) is 4.39 Å². The van der Waals surface area contributed by atoms with Crippen molar-refractivity contribution in [3.05, 3.63) is 29.6 Å². The van der Waals surface area contributed by atoms with Gasteiger partial charge in [0.05, 0.1) is 13.2 Å². The number of rotatable bonds is 4. The SMILES string of the molecule is COc1ccc(CN2CC(O)CC2C(=O)O)c(F)c1. The normalized spacial score (nSPS) is 23.5. The van der Waals surface area contributed by atoms with Crippen LogP contribution in [0.1, 0.15) is 12.0 Å². The fourth-order valence-electron chi connectivity index (χ4n) is 2.31. The first-order valence-electron chi connectivity index (χ1n) is 5.98. The maximum atomic E-state index is 13.8. The van der Waals surface area contributed by atoms with E-state index in [9.17, 15) is 14.3 Å². The third-order valence-electron chi connectivity index (χ3n) is 3.30. The van der Waals surface area contributed by atoms with Crippen molar-refractivity contribution < 1.29 is 24.1 Å². The molecule has 0 radical (unpaired) electrons. The standard InChI is InChI=1S/C13H16FNO4/c1-19-10-3-2-8(11(14)5-10)6-15-7-9(16)4-12(15)13(17)18/h2-3,5,9,12,16H,4,6-7H2,1H3,(H,17,18). The lowest BCUT2D eigenvalue weighted by molar-refractivity contribution is -0.142. The molecule has 2 N–H and O–H groups in total. The molecule has 1 fully saturated rings. The molecule has 2 atom stereocenters. The Morgan fingerprint density at radius 1 is 1.58 bits per heavy atom. The Morgan fingerprint density at radius 3 is 2.89 bits per heavy atom. The number of benzene rings is 1. The summed E-state index contributed by atoms with van der Waals surface area (Å²) in [7, 11) is 1.45. The maximum absolute atomic E-state index is 13.8. The van der Waals surface area contributed by atoms with Crippen molar-refractivity contribution >= 4 is 5.97 Å². The Hall–Kier alpha value is -1.66. The molecule has 104 valence electrons. The van der Waals surface area contributed by atoms with E-state index in [1.54, 1.807) is 17.0 Å². The summed E-state index contributed by atoms with van der Waals surface area (Å²) in [6.07, 6.45) is -0.505. The van der Waals surface area contributed by atoms with Crippen molar-refractivity contribution in [3.63, 3.8) is 0 Å². The van der Waals surface area contributed by atoms with E-state index >= 15 is 0 Å². The Bertz CT molecular complexity index is 480. The first-order valence-corrected chi connectivity index (χ1v) is 5.98. The molecule has 1 saturated heterocycles. The summed E-state index contributed by atoms with van der Waals surface area (Å²) in [5.74, 6) is -1.02. The van der Waals surface area contributed by atoms with Crippen LogP contribution in [0.25, 0.3) is 0 Å². The van der Waals surface area contributed by atoms with E-state index in [0.29, 0.717) is 11.3 Å². The minimum Gasteiger partial charge on any atom is -0.497 e. The van der Waals surface area contributed by atoms with Crippen molar-refractivity contribution in [1.82, 2.24) is 4.90 Å². The summed E-state index contributed by atoms with van der Waals surface area (Å²) >= 11 is 0. The number of carbonyl (C=O) groups is 1. The molecule has 1 aliphatic heterocycles.